The van der Waals surface area contributed by atoms with E-state index in [0.717, 1.165) is 26.9 Å². The van der Waals surface area contributed by atoms with E-state index in [2.05, 4.69) is 43.7 Å². The van der Waals surface area contributed by atoms with Crippen LogP contribution in [0.2, 0.25) is 0 Å². The van der Waals surface area contributed by atoms with Gasteiger partial charge in [-0.1, -0.05) is 32.9 Å². The average Bonchev–Trinajstić information content (AvgIpc) is 3.72. The van der Waals surface area contributed by atoms with E-state index >= 15 is 8.78 Å². The van der Waals surface area contributed by atoms with Gasteiger partial charge in [-0.2, -0.15) is 13.9 Å². The number of aliphatic hydroxyl groups is 1. The van der Waals surface area contributed by atoms with Crippen molar-refractivity contribution in [2.75, 3.05) is 6.54 Å². The number of carbonyl (C=O) groups excluding carboxylic acids is 2. The lowest BCUT2D eigenvalue weighted by Gasteiger charge is -2.37. The number of ether oxygens (including phenoxy) is 1. The van der Waals surface area contributed by atoms with Crippen molar-refractivity contribution in [3.63, 3.8) is 0 Å². The van der Waals surface area contributed by atoms with Crippen molar-refractivity contribution < 1.29 is 46.9 Å². The minimum atomic E-state index is -2.96. The number of aromatic nitrogens is 2. The van der Waals surface area contributed by atoms with E-state index in [4.69, 9.17) is 4.74 Å². The van der Waals surface area contributed by atoms with Crippen LogP contribution in [0.4, 0.5) is 27.2 Å². The Balaban J connectivity index is 1.71. The van der Waals surface area contributed by atoms with Crippen LogP contribution in [0.15, 0.2) is 48.7 Å². The number of rotatable bonds is 14. The zero-order valence-corrected chi connectivity index (χ0v) is 32.3. The van der Waals surface area contributed by atoms with Gasteiger partial charge >= 0.3 is 18.7 Å². The predicted octanol–water partition coefficient (Wildman–Crippen LogP) is 7.00. The first-order valence-electron chi connectivity index (χ1n) is 16.9. The minimum absolute atomic E-state index is 0.0847. The highest BCUT2D eigenvalue weighted by molar-refractivity contribution is 14.1. The molecule has 3 amide bonds. The molecule has 0 bridgehead atoms. The normalized spacial score (nSPS) is 15.8. The Kier molecular flexibility index (Phi) is 13.4. The molecule has 1 aliphatic rings. The highest BCUT2D eigenvalue weighted by Crippen LogP contribution is 2.45. The summed E-state index contributed by atoms with van der Waals surface area (Å²) in [6, 6.07) is 8.23. The smallest absolute Gasteiger partial charge is 0.408 e. The summed E-state index contributed by atoms with van der Waals surface area (Å²) in [6.45, 7) is 6.00. The number of hydrogen-bond acceptors (Lipinski definition) is 7. The highest BCUT2D eigenvalue weighted by Gasteiger charge is 2.44. The molecule has 5 N–H and O–H groups in total. The number of nitrogens with zero attached hydrogens (tertiary/aromatic N) is 3. The van der Waals surface area contributed by atoms with Crippen molar-refractivity contribution in [3.05, 3.63) is 75.0 Å². The van der Waals surface area contributed by atoms with Gasteiger partial charge in [-0.3, -0.25) is 10.2 Å². The third-order valence-electron chi connectivity index (χ3n) is 8.56. The monoisotopic (exact) mass is 860 g/mol. The molecule has 1 aliphatic carbocycles. The largest absolute Gasteiger partial charge is 0.465 e. The maximum Gasteiger partial charge on any atom is 0.408 e. The fraction of sp³-hybridized carbons (Fsp3) is 0.500. The Morgan fingerprint density at radius 2 is 1.62 bits per heavy atom. The molecule has 1 saturated carbocycles. The first kappa shape index (κ1) is 41.8. The predicted molar refractivity (Wildman–Crippen MR) is 195 cm³/mol. The molecule has 2 aromatic carbocycles. The van der Waals surface area contributed by atoms with Crippen molar-refractivity contribution in [2.24, 2.45) is 17.3 Å². The van der Waals surface area contributed by atoms with Gasteiger partial charge in [0.2, 0.25) is 0 Å². The van der Waals surface area contributed by atoms with Gasteiger partial charge in [-0.05, 0) is 103 Å². The van der Waals surface area contributed by atoms with Crippen LogP contribution in [0.1, 0.15) is 78.1 Å². The second-order valence-electron chi connectivity index (χ2n) is 15.1. The fourth-order valence-corrected chi connectivity index (χ4v) is 6.37. The summed E-state index contributed by atoms with van der Waals surface area (Å²) >= 11 is 2.14. The van der Waals surface area contributed by atoms with Gasteiger partial charge in [-0.25, -0.2) is 28.1 Å². The molecule has 4 atom stereocenters. The number of alkyl halides is 2. The third-order valence-corrected chi connectivity index (χ3v) is 9.28. The van der Waals surface area contributed by atoms with Gasteiger partial charge in [0.15, 0.2) is 0 Å². The lowest BCUT2D eigenvalue weighted by molar-refractivity contribution is -0.131. The summed E-state index contributed by atoms with van der Waals surface area (Å²) in [5.41, 5.74) is 0.714. The molecule has 0 aliphatic heterocycles. The number of hydrazine groups is 1. The van der Waals surface area contributed by atoms with E-state index in [9.17, 15) is 33.4 Å². The Labute approximate surface area is 318 Å². The summed E-state index contributed by atoms with van der Waals surface area (Å²) in [5.74, 6) is -3.78. The van der Waals surface area contributed by atoms with Crippen molar-refractivity contribution >= 4 is 40.7 Å². The molecule has 4 rings (SSSR count). The first-order chi connectivity index (χ1) is 24.6. The van der Waals surface area contributed by atoms with Crippen LogP contribution in [0, 0.1) is 32.5 Å². The van der Waals surface area contributed by atoms with E-state index < -0.39 is 90.1 Å². The second-order valence-corrected chi connectivity index (χ2v) is 16.4. The van der Waals surface area contributed by atoms with Crippen LogP contribution >= 0.6 is 22.6 Å². The molecule has 1 aromatic heterocycles. The number of nitrogens with one attached hydrogen (secondary N) is 3. The zero-order valence-electron chi connectivity index (χ0n) is 30.2. The van der Waals surface area contributed by atoms with Gasteiger partial charge in [0.05, 0.1) is 17.8 Å². The molecule has 17 heteroatoms. The van der Waals surface area contributed by atoms with Gasteiger partial charge < -0.3 is 25.6 Å². The number of alkyl carbamates (subject to hydrolysis) is 1. The quantitative estimate of drug-likeness (QED) is 0.0660. The van der Waals surface area contributed by atoms with E-state index in [-0.39, 0.29) is 17.2 Å². The standard InChI is InChI=1S/C36H45F4IN6O6/c1-35(2,3)30(43-33(50)51)31(49)45-46(17-23-24(37)15-21(16-25(23)38)26-13-14-47(44-26)32(39)40)18-27(48)28(19-7-8-19)29(20-9-11-22(41)12-10-20)42-34(52)53-36(4,5)6/h9-16,19,27-30,32,43,48H,7-8,17-18H2,1-6H3,(H,42,52)(H,45,49)(H,50,51). The Morgan fingerprint density at radius 3 is 2.11 bits per heavy atom. The van der Waals surface area contributed by atoms with Crippen LogP contribution in [-0.4, -0.2) is 67.4 Å². The second kappa shape index (κ2) is 17.0. The lowest BCUT2D eigenvalue weighted by Crippen LogP contribution is -2.58. The molecule has 0 spiro atoms. The van der Waals surface area contributed by atoms with Crippen molar-refractivity contribution in [1.29, 1.82) is 0 Å². The lowest BCUT2D eigenvalue weighted by atomic mass is 9.84. The maximum absolute atomic E-state index is 15.7. The van der Waals surface area contributed by atoms with Gasteiger partial charge in [-0.15, -0.1) is 0 Å². The van der Waals surface area contributed by atoms with Crippen molar-refractivity contribution in [2.45, 2.75) is 91.3 Å². The molecule has 3 aromatic rings. The summed E-state index contributed by atoms with van der Waals surface area (Å²) < 4.78 is 64.4. The number of aliphatic hydroxyl groups excluding tert-OH is 1. The van der Waals surface area contributed by atoms with Crippen LogP contribution in [0.25, 0.3) is 11.3 Å². The van der Waals surface area contributed by atoms with Crippen molar-refractivity contribution in [3.8, 4) is 11.3 Å². The van der Waals surface area contributed by atoms with E-state index in [1.165, 1.54) is 6.07 Å². The number of benzene rings is 2. The zero-order chi connectivity index (χ0) is 39.4. The SMILES string of the molecule is CC(C)(C)OC(=O)NC(c1ccc(I)cc1)C(C(O)CN(Cc1c(F)cc(-c2ccn(C(F)F)n2)cc1F)NC(=O)C(NC(=O)O)C(C)(C)C)C1CC1. The van der Waals surface area contributed by atoms with Crippen LogP contribution in [-0.2, 0) is 16.1 Å². The van der Waals surface area contributed by atoms with Crippen LogP contribution < -0.4 is 16.1 Å². The van der Waals surface area contributed by atoms with Gasteiger partial charge in [0.1, 0.15) is 23.3 Å². The number of amides is 3. The number of halogens is 5. The molecular weight excluding hydrogens is 815 g/mol. The molecule has 53 heavy (non-hydrogen) atoms. The highest BCUT2D eigenvalue weighted by atomic mass is 127. The molecule has 12 nitrogen and oxygen atoms in total. The molecule has 1 fully saturated rings. The molecule has 4 unspecified atom stereocenters. The summed E-state index contributed by atoms with van der Waals surface area (Å²) in [7, 11) is 0. The molecule has 1 heterocycles. The van der Waals surface area contributed by atoms with E-state index in [1.807, 2.05) is 24.3 Å². The number of hydrogen-bond donors (Lipinski definition) is 5. The fourth-order valence-electron chi connectivity index (χ4n) is 6.01. The number of carbonyl (C=O) groups is 3. The van der Waals surface area contributed by atoms with E-state index in [1.54, 1.807) is 41.5 Å². The maximum atomic E-state index is 15.7. The van der Waals surface area contributed by atoms with Crippen LogP contribution in [0.5, 0.6) is 0 Å². The Morgan fingerprint density at radius 1 is 1.02 bits per heavy atom. The van der Waals surface area contributed by atoms with Crippen LogP contribution in [0.3, 0.4) is 0 Å². The molecule has 0 radical (unpaired) electrons. The van der Waals surface area contributed by atoms with E-state index in [0.29, 0.717) is 23.1 Å². The topological polar surface area (TPSA) is 158 Å². The summed E-state index contributed by atoms with van der Waals surface area (Å²) in [6.07, 6.45) is -1.13. The molecule has 0 saturated heterocycles. The summed E-state index contributed by atoms with van der Waals surface area (Å²) in [5, 5.41) is 31.3. The first-order valence-corrected chi connectivity index (χ1v) is 18.0. The minimum Gasteiger partial charge on any atom is -0.465 e. The average molecular weight is 861 g/mol. The van der Waals surface area contributed by atoms with Gasteiger partial charge in [0, 0.05) is 39.9 Å². The molecule has 290 valence electrons. The van der Waals surface area contributed by atoms with Gasteiger partial charge in [0.25, 0.3) is 5.91 Å². The summed E-state index contributed by atoms with van der Waals surface area (Å²) in [4.78, 5) is 38.4. The Hall–Kier alpha value is -3.97. The third kappa shape index (κ3) is 11.8. The van der Waals surface area contributed by atoms with Crippen molar-refractivity contribution in [1.82, 2.24) is 30.8 Å². The Bertz CT molecular complexity index is 1740. The molecular formula is C36H45F4IN6O6. The number of carboxylic acid groups (broad SMARTS) is 1.